The van der Waals surface area contributed by atoms with Gasteiger partial charge in [0.05, 0.1) is 5.39 Å². The summed E-state index contributed by atoms with van der Waals surface area (Å²) in [5.41, 5.74) is 0.185. The number of hydrogen-bond acceptors (Lipinski definition) is 5. The van der Waals surface area contributed by atoms with Crippen LogP contribution in [0, 0.1) is 5.41 Å². The Morgan fingerprint density at radius 3 is 2.70 bits per heavy atom. The number of hydrogen-bond donors (Lipinski definition) is 2. The zero-order valence-corrected chi connectivity index (χ0v) is 13.8. The van der Waals surface area contributed by atoms with E-state index in [1.165, 1.54) is 0 Å². The van der Waals surface area contributed by atoms with Crippen LogP contribution < -0.4 is 10.6 Å². The van der Waals surface area contributed by atoms with Crippen LogP contribution in [0.2, 0.25) is 0 Å². The molecule has 0 radical (unpaired) electrons. The quantitative estimate of drug-likeness (QED) is 0.859. The van der Waals surface area contributed by atoms with Crippen LogP contribution in [0.5, 0.6) is 0 Å². The van der Waals surface area contributed by atoms with E-state index in [1.54, 1.807) is 11.3 Å². The van der Waals surface area contributed by atoms with Gasteiger partial charge in [-0.15, -0.1) is 11.3 Å². The molecule has 0 aliphatic heterocycles. The van der Waals surface area contributed by atoms with E-state index in [2.05, 4.69) is 66.7 Å². The highest BCUT2D eigenvalue weighted by atomic mass is 32.1. The predicted octanol–water partition coefficient (Wildman–Crippen LogP) is 4.36. The molecule has 2 aromatic rings. The van der Waals surface area contributed by atoms with Crippen molar-refractivity contribution in [1.82, 2.24) is 9.97 Å². The maximum Gasteiger partial charge on any atom is 0.226 e. The van der Waals surface area contributed by atoms with E-state index < -0.39 is 0 Å². The lowest BCUT2D eigenvalue weighted by molar-refractivity contribution is 0.359. The zero-order chi connectivity index (χ0) is 14.8. The van der Waals surface area contributed by atoms with Crippen molar-refractivity contribution in [3.63, 3.8) is 0 Å². The van der Waals surface area contributed by atoms with Gasteiger partial charge in [0.15, 0.2) is 0 Å². The van der Waals surface area contributed by atoms with Gasteiger partial charge in [-0.3, -0.25) is 0 Å². The second-order valence-electron chi connectivity index (χ2n) is 6.19. The van der Waals surface area contributed by atoms with Gasteiger partial charge in [-0.25, -0.2) is 4.98 Å². The first kappa shape index (κ1) is 15.0. The van der Waals surface area contributed by atoms with E-state index in [-0.39, 0.29) is 5.41 Å². The molecule has 1 unspecified atom stereocenters. The van der Waals surface area contributed by atoms with Crippen LogP contribution in [0.1, 0.15) is 41.0 Å². The molecule has 0 spiro atoms. The molecule has 0 aliphatic carbocycles. The summed E-state index contributed by atoms with van der Waals surface area (Å²) >= 11 is 1.65. The van der Waals surface area contributed by atoms with Gasteiger partial charge in [0.2, 0.25) is 5.95 Å². The molecule has 2 heterocycles. The second-order valence-corrected chi connectivity index (χ2v) is 7.09. The Balaban J connectivity index is 2.32. The lowest BCUT2D eigenvalue weighted by Crippen LogP contribution is -2.31. The Morgan fingerprint density at radius 1 is 1.30 bits per heavy atom. The first-order chi connectivity index (χ1) is 9.41. The fourth-order valence-electron chi connectivity index (χ4n) is 1.70. The van der Waals surface area contributed by atoms with Crippen molar-refractivity contribution in [1.29, 1.82) is 0 Å². The fourth-order valence-corrected chi connectivity index (χ4v) is 2.47. The molecule has 0 aliphatic rings. The molecule has 2 N–H and O–H groups in total. The van der Waals surface area contributed by atoms with Gasteiger partial charge >= 0.3 is 0 Å². The molecule has 110 valence electrons. The molecular formula is C15H24N4S. The summed E-state index contributed by atoms with van der Waals surface area (Å²) in [6.45, 7) is 11.9. The standard InChI is InChI=1S/C15H24N4S/c1-6-8-16-14-18-12(17-10(2)15(3,4)5)11-7-9-20-13(11)19-14/h7,9-10H,6,8H2,1-5H3,(H2,16,17,18,19). The van der Waals surface area contributed by atoms with Gasteiger partial charge in [-0.1, -0.05) is 27.7 Å². The molecule has 0 saturated heterocycles. The number of thiophene rings is 1. The van der Waals surface area contributed by atoms with E-state index in [9.17, 15) is 0 Å². The molecule has 0 aromatic carbocycles. The van der Waals surface area contributed by atoms with Crippen LogP contribution in [0.4, 0.5) is 11.8 Å². The van der Waals surface area contributed by atoms with Gasteiger partial charge < -0.3 is 10.6 Å². The second kappa shape index (κ2) is 5.95. The number of fused-ring (bicyclic) bond motifs is 1. The summed E-state index contributed by atoms with van der Waals surface area (Å²) in [4.78, 5) is 10.2. The van der Waals surface area contributed by atoms with Gasteiger partial charge in [0.25, 0.3) is 0 Å². The van der Waals surface area contributed by atoms with Crippen LogP contribution in [0.3, 0.4) is 0 Å². The highest BCUT2D eigenvalue weighted by Gasteiger charge is 2.21. The minimum atomic E-state index is 0.185. The lowest BCUT2D eigenvalue weighted by Gasteiger charge is -2.28. The van der Waals surface area contributed by atoms with Gasteiger partial charge in [-0.05, 0) is 30.2 Å². The van der Waals surface area contributed by atoms with E-state index in [0.29, 0.717) is 12.0 Å². The van der Waals surface area contributed by atoms with Crippen molar-refractivity contribution >= 4 is 33.3 Å². The number of nitrogens with zero attached hydrogens (tertiary/aromatic N) is 2. The van der Waals surface area contributed by atoms with Crippen molar-refractivity contribution in [3.05, 3.63) is 11.4 Å². The summed E-state index contributed by atoms with van der Waals surface area (Å²) in [5.74, 6) is 1.64. The topological polar surface area (TPSA) is 49.8 Å². The largest absolute Gasteiger partial charge is 0.366 e. The molecule has 20 heavy (non-hydrogen) atoms. The predicted molar refractivity (Wildman–Crippen MR) is 88.7 cm³/mol. The summed E-state index contributed by atoms with van der Waals surface area (Å²) in [6.07, 6.45) is 1.06. The molecular weight excluding hydrogens is 268 g/mol. The summed E-state index contributed by atoms with van der Waals surface area (Å²) in [7, 11) is 0. The van der Waals surface area contributed by atoms with Crippen molar-refractivity contribution < 1.29 is 0 Å². The van der Waals surface area contributed by atoms with Gasteiger partial charge in [-0.2, -0.15) is 4.98 Å². The van der Waals surface area contributed by atoms with E-state index in [0.717, 1.165) is 29.0 Å². The molecule has 2 aromatic heterocycles. The number of rotatable bonds is 5. The van der Waals surface area contributed by atoms with Crippen molar-refractivity contribution in [3.8, 4) is 0 Å². The molecule has 1 atom stereocenters. The maximum atomic E-state index is 4.64. The molecule has 0 fully saturated rings. The zero-order valence-electron chi connectivity index (χ0n) is 12.9. The van der Waals surface area contributed by atoms with Crippen molar-refractivity contribution in [2.75, 3.05) is 17.2 Å². The van der Waals surface area contributed by atoms with Crippen molar-refractivity contribution in [2.45, 2.75) is 47.1 Å². The minimum absolute atomic E-state index is 0.185. The third-order valence-electron chi connectivity index (χ3n) is 3.51. The molecule has 4 nitrogen and oxygen atoms in total. The molecule has 0 saturated carbocycles. The van der Waals surface area contributed by atoms with Crippen LogP contribution in [-0.4, -0.2) is 22.6 Å². The summed E-state index contributed by atoms with van der Waals surface area (Å²) in [6, 6.07) is 2.42. The molecule has 2 rings (SSSR count). The first-order valence-electron chi connectivity index (χ1n) is 7.17. The number of nitrogens with one attached hydrogen (secondary N) is 2. The van der Waals surface area contributed by atoms with Crippen molar-refractivity contribution in [2.24, 2.45) is 5.41 Å². The SMILES string of the molecule is CCCNc1nc(NC(C)C(C)(C)C)c2ccsc2n1. The lowest BCUT2D eigenvalue weighted by atomic mass is 9.88. The van der Waals surface area contributed by atoms with E-state index in [4.69, 9.17) is 0 Å². The monoisotopic (exact) mass is 292 g/mol. The van der Waals surface area contributed by atoms with Crippen LogP contribution in [0.25, 0.3) is 10.2 Å². The van der Waals surface area contributed by atoms with Gasteiger partial charge in [0.1, 0.15) is 10.6 Å². The summed E-state index contributed by atoms with van der Waals surface area (Å²) in [5, 5.41) is 9.99. The van der Waals surface area contributed by atoms with Crippen LogP contribution in [-0.2, 0) is 0 Å². The van der Waals surface area contributed by atoms with Gasteiger partial charge in [0, 0.05) is 12.6 Å². The third kappa shape index (κ3) is 3.39. The molecule has 5 heteroatoms. The Labute approximate surface area is 125 Å². The average Bonchev–Trinajstić information content (AvgIpc) is 2.83. The number of anilines is 2. The van der Waals surface area contributed by atoms with Crippen LogP contribution in [0.15, 0.2) is 11.4 Å². The smallest absolute Gasteiger partial charge is 0.226 e. The first-order valence-corrected chi connectivity index (χ1v) is 8.05. The van der Waals surface area contributed by atoms with Crippen LogP contribution >= 0.6 is 11.3 Å². The Kier molecular flexibility index (Phi) is 4.48. The Bertz CT molecular complexity index is 571. The minimum Gasteiger partial charge on any atom is -0.366 e. The fraction of sp³-hybridized carbons (Fsp3) is 0.600. The number of aromatic nitrogens is 2. The average molecular weight is 292 g/mol. The molecule has 0 bridgehead atoms. The Morgan fingerprint density at radius 2 is 2.05 bits per heavy atom. The van der Waals surface area contributed by atoms with E-state index >= 15 is 0 Å². The molecule has 0 amide bonds. The highest BCUT2D eigenvalue weighted by molar-refractivity contribution is 7.16. The Hall–Kier alpha value is -1.36. The third-order valence-corrected chi connectivity index (χ3v) is 4.32. The highest BCUT2D eigenvalue weighted by Crippen LogP contribution is 2.29. The normalized spacial score (nSPS) is 13.4. The summed E-state index contributed by atoms with van der Waals surface area (Å²) < 4.78 is 0. The maximum absolute atomic E-state index is 4.64. The van der Waals surface area contributed by atoms with E-state index in [1.807, 2.05) is 0 Å².